The van der Waals surface area contributed by atoms with Crippen LogP contribution in [0.1, 0.15) is 42.1 Å². The van der Waals surface area contributed by atoms with Gasteiger partial charge in [-0.2, -0.15) is 0 Å². The summed E-state index contributed by atoms with van der Waals surface area (Å²) >= 11 is 0. The average molecular weight is 472 g/mol. The summed E-state index contributed by atoms with van der Waals surface area (Å²) in [5, 5.41) is 9.85. The van der Waals surface area contributed by atoms with Crippen molar-refractivity contribution in [2.45, 2.75) is 32.0 Å². The Morgan fingerprint density at radius 2 is 1.37 bits per heavy atom. The van der Waals surface area contributed by atoms with Crippen molar-refractivity contribution in [3.05, 3.63) is 131 Å². The normalized spacial score (nSPS) is 12.9. The van der Waals surface area contributed by atoms with Crippen LogP contribution in [-0.2, 0) is 11.3 Å². The highest BCUT2D eigenvalue weighted by Gasteiger charge is 2.28. The van der Waals surface area contributed by atoms with Crippen LogP contribution >= 0.6 is 0 Å². The standard InChI is InChI=1S/C30H27F2NO2/c1-21(23-11-6-3-7-12-23)33(20-22-9-4-2-5-10-22)29(19-30(34)35)25-14-8-13-24(15-25)26-16-27(31)18-28(32)17-26/h2-18,21,29H,19-20H2,1H3,(H,34,35). The molecule has 0 saturated heterocycles. The monoisotopic (exact) mass is 471 g/mol. The summed E-state index contributed by atoms with van der Waals surface area (Å²) in [4.78, 5) is 14.2. The molecule has 3 nitrogen and oxygen atoms in total. The molecule has 0 heterocycles. The molecule has 35 heavy (non-hydrogen) atoms. The van der Waals surface area contributed by atoms with Crippen molar-refractivity contribution < 1.29 is 18.7 Å². The topological polar surface area (TPSA) is 40.5 Å². The van der Waals surface area contributed by atoms with Crippen molar-refractivity contribution in [3.8, 4) is 11.1 Å². The molecule has 1 N–H and O–H groups in total. The van der Waals surface area contributed by atoms with Crippen LogP contribution in [-0.4, -0.2) is 16.0 Å². The second kappa shape index (κ2) is 11.1. The Morgan fingerprint density at radius 3 is 2.00 bits per heavy atom. The summed E-state index contributed by atoms with van der Waals surface area (Å²) in [5.74, 6) is -2.23. The first kappa shape index (κ1) is 24.3. The van der Waals surface area contributed by atoms with E-state index in [-0.39, 0.29) is 12.5 Å². The first-order chi connectivity index (χ1) is 16.9. The predicted molar refractivity (Wildman–Crippen MR) is 134 cm³/mol. The van der Waals surface area contributed by atoms with Gasteiger partial charge in [0.2, 0.25) is 0 Å². The smallest absolute Gasteiger partial charge is 0.305 e. The van der Waals surface area contributed by atoms with E-state index in [4.69, 9.17) is 0 Å². The second-order valence-corrected chi connectivity index (χ2v) is 8.64. The fraction of sp³-hybridized carbons (Fsp3) is 0.167. The van der Waals surface area contributed by atoms with E-state index in [0.29, 0.717) is 17.7 Å². The molecular weight excluding hydrogens is 444 g/mol. The molecular formula is C30H27F2NO2. The number of carboxylic acid groups (broad SMARTS) is 1. The van der Waals surface area contributed by atoms with E-state index in [2.05, 4.69) is 11.8 Å². The summed E-state index contributed by atoms with van der Waals surface area (Å²) in [6.45, 7) is 2.60. The van der Waals surface area contributed by atoms with Gasteiger partial charge in [0.1, 0.15) is 11.6 Å². The van der Waals surface area contributed by atoms with Crippen molar-refractivity contribution in [2.24, 2.45) is 0 Å². The van der Waals surface area contributed by atoms with Gasteiger partial charge in [0, 0.05) is 24.7 Å². The molecule has 4 aromatic rings. The van der Waals surface area contributed by atoms with Gasteiger partial charge in [0.25, 0.3) is 0 Å². The zero-order valence-electron chi connectivity index (χ0n) is 19.4. The highest BCUT2D eigenvalue weighted by molar-refractivity contribution is 5.69. The summed E-state index contributed by atoms with van der Waals surface area (Å²) in [6, 6.07) is 30.0. The summed E-state index contributed by atoms with van der Waals surface area (Å²) in [7, 11) is 0. The van der Waals surface area contributed by atoms with Crippen LogP contribution in [0.5, 0.6) is 0 Å². The number of nitrogens with zero attached hydrogens (tertiary/aromatic N) is 1. The SMILES string of the molecule is CC(c1ccccc1)N(Cc1ccccc1)C(CC(=O)O)c1cccc(-c2cc(F)cc(F)c2)c1. The Kier molecular flexibility index (Phi) is 7.68. The summed E-state index contributed by atoms with van der Waals surface area (Å²) < 4.78 is 27.8. The molecule has 0 amide bonds. The van der Waals surface area contributed by atoms with Crippen LogP contribution in [0.3, 0.4) is 0 Å². The third-order valence-corrected chi connectivity index (χ3v) is 6.22. The van der Waals surface area contributed by atoms with Gasteiger partial charge in [0.15, 0.2) is 0 Å². The molecule has 0 fully saturated rings. The van der Waals surface area contributed by atoms with Crippen molar-refractivity contribution in [3.63, 3.8) is 0 Å². The largest absolute Gasteiger partial charge is 0.481 e. The lowest BCUT2D eigenvalue weighted by Crippen LogP contribution is -2.32. The Morgan fingerprint density at radius 1 is 0.771 bits per heavy atom. The number of hydrogen-bond donors (Lipinski definition) is 1. The minimum atomic E-state index is -0.921. The number of carboxylic acids is 1. The van der Waals surface area contributed by atoms with E-state index in [0.717, 1.165) is 22.8 Å². The van der Waals surface area contributed by atoms with Crippen molar-refractivity contribution in [2.75, 3.05) is 0 Å². The van der Waals surface area contributed by atoms with Gasteiger partial charge in [-0.15, -0.1) is 0 Å². The fourth-order valence-electron chi connectivity index (χ4n) is 4.47. The van der Waals surface area contributed by atoms with Gasteiger partial charge < -0.3 is 5.11 Å². The minimum Gasteiger partial charge on any atom is -0.481 e. The van der Waals surface area contributed by atoms with Crippen molar-refractivity contribution >= 4 is 5.97 Å². The van der Waals surface area contributed by atoms with Gasteiger partial charge in [0.05, 0.1) is 6.42 Å². The molecule has 0 bridgehead atoms. The molecule has 2 atom stereocenters. The highest BCUT2D eigenvalue weighted by atomic mass is 19.1. The Balaban J connectivity index is 1.79. The van der Waals surface area contributed by atoms with E-state index in [1.54, 1.807) is 12.1 Å². The number of rotatable bonds is 9. The molecule has 0 radical (unpaired) electrons. The molecule has 0 spiro atoms. The molecule has 2 unspecified atom stereocenters. The maximum Gasteiger partial charge on any atom is 0.305 e. The molecule has 0 aromatic heterocycles. The molecule has 5 heteroatoms. The van der Waals surface area contributed by atoms with Gasteiger partial charge in [-0.1, -0.05) is 78.9 Å². The highest BCUT2D eigenvalue weighted by Crippen LogP contribution is 2.36. The first-order valence-corrected chi connectivity index (χ1v) is 11.5. The van der Waals surface area contributed by atoms with Crippen LogP contribution < -0.4 is 0 Å². The number of hydrogen-bond acceptors (Lipinski definition) is 2. The molecule has 0 aliphatic rings. The van der Waals surface area contributed by atoms with Gasteiger partial charge in [-0.05, 0) is 52.9 Å². The van der Waals surface area contributed by atoms with Crippen LogP contribution in [0, 0.1) is 11.6 Å². The van der Waals surface area contributed by atoms with E-state index in [1.165, 1.54) is 12.1 Å². The molecule has 178 valence electrons. The molecule has 0 aliphatic carbocycles. The summed E-state index contributed by atoms with van der Waals surface area (Å²) in [6.07, 6.45) is -0.120. The Labute approximate surface area is 204 Å². The second-order valence-electron chi connectivity index (χ2n) is 8.64. The molecule has 0 saturated carbocycles. The number of carbonyl (C=O) groups is 1. The van der Waals surface area contributed by atoms with E-state index >= 15 is 0 Å². The Hall–Kier alpha value is -3.83. The number of halogens is 2. The fourth-order valence-corrected chi connectivity index (χ4v) is 4.47. The van der Waals surface area contributed by atoms with E-state index < -0.39 is 23.6 Å². The zero-order valence-corrected chi connectivity index (χ0v) is 19.4. The lowest BCUT2D eigenvalue weighted by Gasteiger charge is -2.37. The average Bonchev–Trinajstić information content (AvgIpc) is 2.86. The van der Waals surface area contributed by atoms with Crippen LogP contribution in [0.2, 0.25) is 0 Å². The quantitative estimate of drug-likeness (QED) is 0.276. The van der Waals surface area contributed by atoms with Gasteiger partial charge in [-0.3, -0.25) is 9.69 Å². The molecule has 0 aliphatic heterocycles. The Bertz CT molecular complexity index is 1260. The van der Waals surface area contributed by atoms with E-state index in [1.807, 2.05) is 72.8 Å². The number of aliphatic carboxylic acids is 1. The maximum absolute atomic E-state index is 13.9. The minimum absolute atomic E-state index is 0.0870. The predicted octanol–water partition coefficient (Wildman–Crippen LogP) is 7.41. The van der Waals surface area contributed by atoms with Gasteiger partial charge in [-0.25, -0.2) is 8.78 Å². The van der Waals surface area contributed by atoms with Gasteiger partial charge >= 0.3 is 5.97 Å². The molecule has 4 rings (SSSR count). The lowest BCUT2D eigenvalue weighted by atomic mass is 9.94. The van der Waals surface area contributed by atoms with Crippen LogP contribution in [0.15, 0.2) is 103 Å². The molecule has 4 aromatic carbocycles. The summed E-state index contributed by atoms with van der Waals surface area (Å²) in [5.41, 5.74) is 3.94. The third kappa shape index (κ3) is 6.19. The first-order valence-electron chi connectivity index (χ1n) is 11.5. The van der Waals surface area contributed by atoms with Crippen molar-refractivity contribution in [1.29, 1.82) is 0 Å². The lowest BCUT2D eigenvalue weighted by molar-refractivity contribution is -0.138. The zero-order chi connectivity index (χ0) is 24.8. The van der Waals surface area contributed by atoms with Crippen LogP contribution in [0.25, 0.3) is 11.1 Å². The maximum atomic E-state index is 13.9. The third-order valence-electron chi connectivity index (χ3n) is 6.22. The number of benzene rings is 4. The van der Waals surface area contributed by atoms with Crippen molar-refractivity contribution in [1.82, 2.24) is 4.90 Å². The van der Waals surface area contributed by atoms with Crippen LogP contribution in [0.4, 0.5) is 8.78 Å². The van der Waals surface area contributed by atoms with E-state index in [9.17, 15) is 18.7 Å².